The Bertz CT molecular complexity index is 3230. The fourth-order valence-corrected chi connectivity index (χ4v) is 11.5. The van der Waals surface area contributed by atoms with E-state index in [1.807, 2.05) is 13.8 Å². The molecule has 6 amide bonds. The van der Waals surface area contributed by atoms with Gasteiger partial charge in [-0.05, 0) is 120 Å². The van der Waals surface area contributed by atoms with E-state index in [1.165, 1.54) is 33.3 Å². The molecule has 0 unspecified atom stereocenters. The number of rotatable bonds is 25. The third-order valence-corrected chi connectivity index (χ3v) is 16.0. The van der Waals surface area contributed by atoms with Crippen LogP contribution in [0, 0.1) is 46.7 Å². The number of hydrogen-bond acceptors (Lipinski definition) is 15. The molecule has 0 bridgehead atoms. The summed E-state index contributed by atoms with van der Waals surface area (Å²) in [5.41, 5.74) is -0.759. The molecule has 0 radical (unpaired) electrons. The van der Waals surface area contributed by atoms with E-state index in [0.717, 1.165) is 5.56 Å². The van der Waals surface area contributed by atoms with Gasteiger partial charge in [-0.2, -0.15) is 0 Å². The number of nitrogens with one attached hydrogen (secondary N) is 4. The Morgan fingerprint density at radius 1 is 0.554 bits per heavy atom. The lowest BCUT2D eigenvalue weighted by molar-refractivity contribution is -0.153. The van der Waals surface area contributed by atoms with Crippen LogP contribution in [0.2, 0.25) is 0 Å². The molecule has 2 aliphatic heterocycles. The summed E-state index contributed by atoms with van der Waals surface area (Å²) >= 11 is 2.52. The Labute approximate surface area is 539 Å². The highest BCUT2D eigenvalue weighted by atomic mass is 32.2. The van der Waals surface area contributed by atoms with Crippen molar-refractivity contribution in [1.29, 1.82) is 0 Å². The number of carboxylic acids is 1. The Hall–Kier alpha value is -7.88. The lowest BCUT2D eigenvalue weighted by Crippen LogP contribution is -2.48. The molecule has 504 valence electrons. The van der Waals surface area contributed by atoms with Crippen molar-refractivity contribution in [3.63, 3.8) is 0 Å². The summed E-state index contributed by atoms with van der Waals surface area (Å²) in [7, 11) is 0. The second-order valence-corrected chi connectivity index (χ2v) is 26.6. The van der Waals surface area contributed by atoms with E-state index >= 15 is 0 Å². The Morgan fingerprint density at radius 2 is 0.913 bits per heavy atom. The second-order valence-electron chi connectivity index (χ2n) is 24.2. The molecule has 5 N–H and O–H groups in total. The van der Waals surface area contributed by atoms with Gasteiger partial charge >= 0.3 is 24.1 Å². The number of halogens is 6. The minimum atomic E-state index is -1.37. The molecule has 6 rings (SSSR count). The number of amides is 6. The molecule has 0 spiro atoms. The van der Waals surface area contributed by atoms with Gasteiger partial charge < -0.3 is 59.9 Å². The van der Waals surface area contributed by atoms with E-state index < -0.39 is 129 Å². The van der Waals surface area contributed by atoms with Crippen LogP contribution >= 0.6 is 23.5 Å². The summed E-state index contributed by atoms with van der Waals surface area (Å²) in [6.07, 6.45) is -4.91. The van der Waals surface area contributed by atoms with Crippen molar-refractivity contribution in [2.24, 2.45) is 11.8 Å². The quantitative estimate of drug-likeness (QED) is 0.0179. The molecule has 2 aliphatic rings. The lowest BCUT2D eigenvalue weighted by Gasteiger charge is -2.27. The molecule has 4 aromatic carbocycles. The van der Waals surface area contributed by atoms with Gasteiger partial charge in [0.15, 0.2) is 46.2 Å². The van der Waals surface area contributed by atoms with Gasteiger partial charge in [0.25, 0.3) is 11.8 Å². The first kappa shape index (κ1) is 74.8. The zero-order valence-electron chi connectivity index (χ0n) is 53.1. The predicted octanol–water partition coefficient (Wildman–Crippen LogP) is 9.75. The number of benzene rings is 4. The van der Waals surface area contributed by atoms with Crippen LogP contribution in [-0.2, 0) is 68.9 Å². The van der Waals surface area contributed by atoms with Crippen LogP contribution < -0.4 is 30.7 Å². The van der Waals surface area contributed by atoms with Gasteiger partial charge in [0, 0.05) is 86.6 Å². The Kier molecular flexibility index (Phi) is 27.8. The van der Waals surface area contributed by atoms with Crippen LogP contribution in [0.3, 0.4) is 0 Å². The molecule has 0 saturated carbocycles. The molecule has 2 saturated heterocycles. The topological polar surface area (TPSA) is 258 Å². The van der Waals surface area contributed by atoms with E-state index in [1.54, 1.807) is 111 Å². The predicted molar refractivity (Wildman–Crippen MR) is 331 cm³/mol. The SMILES string of the molecule is CC(C)[C@H](Oc1ccc(CNC(=O)[C@H]2SCCN2C(=O)C[C@@H](Cc2cc(F)c(F)cc2F)NC(=O)OC(C)(C)C)cc1)C(=O)O.CCOC(=O)[C@H](Oc1ccc(CNC(=O)[C@H]2SCCN2C(=O)C[C@@H](Cc2cc(F)c(F)cc2F)NC(=O)OC(C)(C)C)cc1)C(C)C. The summed E-state index contributed by atoms with van der Waals surface area (Å²) < 4.78 is 111. The fraction of sp³-hybridized carbons (Fsp3) is 0.500. The maximum absolute atomic E-state index is 14.5. The van der Waals surface area contributed by atoms with Gasteiger partial charge in [0.05, 0.1) is 6.61 Å². The van der Waals surface area contributed by atoms with E-state index in [0.29, 0.717) is 52.8 Å². The molecule has 0 aromatic heterocycles. The van der Waals surface area contributed by atoms with Crippen LogP contribution in [0.4, 0.5) is 35.9 Å². The van der Waals surface area contributed by atoms with Crippen molar-refractivity contribution in [1.82, 2.24) is 31.1 Å². The van der Waals surface area contributed by atoms with E-state index in [-0.39, 0.29) is 81.4 Å². The van der Waals surface area contributed by atoms with Crippen LogP contribution in [-0.4, -0.2) is 140 Å². The van der Waals surface area contributed by atoms with Gasteiger partial charge in [0.2, 0.25) is 11.8 Å². The number of carbonyl (C=O) groups is 8. The number of alkyl carbamates (subject to hydrolysis) is 2. The number of ether oxygens (including phenoxy) is 5. The minimum absolute atomic E-state index is 0.113. The Balaban J connectivity index is 0.000000334. The lowest BCUT2D eigenvalue weighted by atomic mass is 10.0. The van der Waals surface area contributed by atoms with Gasteiger partial charge in [-0.15, -0.1) is 23.5 Å². The van der Waals surface area contributed by atoms with E-state index in [4.69, 9.17) is 23.7 Å². The second kappa shape index (κ2) is 34.1. The monoisotopic (exact) mass is 1330 g/mol. The van der Waals surface area contributed by atoms with E-state index in [2.05, 4.69) is 21.3 Å². The highest BCUT2D eigenvalue weighted by molar-refractivity contribution is 8.01. The van der Waals surface area contributed by atoms with Crippen molar-refractivity contribution in [2.75, 3.05) is 31.2 Å². The molecule has 28 heteroatoms. The van der Waals surface area contributed by atoms with Crippen molar-refractivity contribution in [3.05, 3.63) is 130 Å². The number of aliphatic carboxylic acids is 1. The number of thioether (sulfide) groups is 2. The maximum Gasteiger partial charge on any atom is 0.407 e. The summed E-state index contributed by atoms with van der Waals surface area (Å²) in [6.45, 7) is 19.8. The average Bonchev–Trinajstić information content (AvgIpc) is 1.54. The zero-order valence-corrected chi connectivity index (χ0v) is 54.7. The summed E-state index contributed by atoms with van der Waals surface area (Å²) in [4.78, 5) is 104. The number of carbonyl (C=O) groups excluding carboxylic acids is 7. The molecule has 20 nitrogen and oxygen atoms in total. The molecular formula is C64H80F6N6O14S2. The maximum atomic E-state index is 14.5. The van der Waals surface area contributed by atoms with Gasteiger partial charge in [0.1, 0.15) is 34.3 Å². The van der Waals surface area contributed by atoms with Gasteiger partial charge in [-0.1, -0.05) is 52.0 Å². The number of esters is 1. The zero-order chi connectivity index (χ0) is 68.4. The molecule has 92 heavy (non-hydrogen) atoms. The summed E-state index contributed by atoms with van der Waals surface area (Å²) in [5.74, 6) is -9.27. The van der Waals surface area contributed by atoms with Crippen molar-refractivity contribution in [2.45, 2.75) is 161 Å². The van der Waals surface area contributed by atoms with Gasteiger partial charge in [-0.25, -0.2) is 45.5 Å². The molecule has 6 atom stereocenters. The first-order chi connectivity index (χ1) is 43.1. The van der Waals surface area contributed by atoms with Gasteiger partial charge in [-0.3, -0.25) is 19.2 Å². The summed E-state index contributed by atoms with van der Waals surface area (Å²) in [6, 6.07) is 13.5. The molecular weight excluding hydrogens is 1250 g/mol. The molecule has 2 heterocycles. The largest absolute Gasteiger partial charge is 0.478 e. The smallest absolute Gasteiger partial charge is 0.407 e. The highest BCUT2D eigenvalue weighted by Crippen LogP contribution is 2.29. The Morgan fingerprint density at radius 3 is 1.25 bits per heavy atom. The minimum Gasteiger partial charge on any atom is -0.478 e. The first-order valence-corrected chi connectivity index (χ1v) is 31.8. The average molecular weight is 1340 g/mol. The molecule has 4 aromatic rings. The molecule has 0 aliphatic carbocycles. The van der Waals surface area contributed by atoms with E-state index in [9.17, 15) is 69.8 Å². The third-order valence-electron chi connectivity index (χ3n) is 13.5. The standard InChI is InChI=1S/C33H42F3N3O7S.C31H38F3N3O7S/c1-7-44-31(42)28(19(2)3)45-23-10-8-20(9-11-23)18-37-29(41)30-39(12-13-47-30)27(40)16-22(38-32(43)46-33(4,5)6)14-21-15-25(35)26(36)17-24(21)34;1-17(2)26(29(40)41)43-21-8-6-18(7-9-21)16-35-27(39)28-37(10-11-45-28)25(38)14-20(36-30(42)44-31(3,4)5)12-19-13-23(33)24(34)15-22(19)32/h8-11,15,17,19,22,28,30H,7,12-14,16,18H2,1-6H3,(H,37,41)(H,38,43);6-9,13,15,17,20,26,28H,10-12,14,16H2,1-5H3,(H,35,39)(H,36,42)(H,40,41)/t22-,28-,30-;20-,26+,28-/m11/s1. The van der Waals surface area contributed by atoms with Crippen LogP contribution in [0.1, 0.15) is 111 Å². The highest BCUT2D eigenvalue weighted by Gasteiger charge is 2.38. The normalized spacial score (nSPS) is 16.1. The third kappa shape index (κ3) is 23.7. The number of carboxylic acid groups (broad SMARTS) is 1. The number of hydrogen-bond donors (Lipinski definition) is 5. The number of nitrogens with zero attached hydrogens (tertiary/aromatic N) is 2. The molecule has 2 fully saturated rings. The van der Waals surface area contributed by atoms with Crippen molar-refractivity contribution >= 4 is 71.3 Å². The van der Waals surface area contributed by atoms with Crippen molar-refractivity contribution in [3.8, 4) is 11.5 Å². The van der Waals surface area contributed by atoms with Crippen LogP contribution in [0.15, 0.2) is 72.8 Å². The van der Waals surface area contributed by atoms with Crippen LogP contribution in [0.25, 0.3) is 0 Å². The first-order valence-electron chi connectivity index (χ1n) is 29.7. The van der Waals surface area contributed by atoms with Crippen molar-refractivity contribution < 1.29 is 93.5 Å². The fourth-order valence-electron chi connectivity index (χ4n) is 9.18. The summed E-state index contributed by atoms with van der Waals surface area (Å²) in [5, 5.41) is 18.3. The van der Waals surface area contributed by atoms with Crippen LogP contribution in [0.5, 0.6) is 11.5 Å².